The monoisotopic (exact) mass is 173 g/mol. The fourth-order valence-electron chi connectivity index (χ4n) is 1.89. The summed E-state index contributed by atoms with van der Waals surface area (Å²) in [7, 11) is 0. The molecule has 2 heteroatoms. The van der Waals surface area contributed by atoms with Crippen molar-refractivity contribution in [1.82, 2.24) is 4.90 Å². The molecule has 1 atom stereocenters. The van der Waals surface area contributed by atoms with Gasteiger partial charge in [0.2, 0.25) is 0 Å². The number of rotatable bonds is 2. The van der Waals surface area contributed by atoms with Gasteiger partial charge in [-0.25, -0.2) is 4.39 Å². The SMILES string of the molecule is CC(C)(C)CN1CCC[C@H]1CF. The molecule has 0 bridgehead atoms. The van der Waals surface area contributed by atoms with Crippen LogP contribution in [0, 0.1) is 5.41 Å². The van der Waals surface area contributed by atoms with Crippen molar-refractivity contribution in [3.63, 3.8) is 0 Å². The lowest BCUT2D eigenvalue weighted by Crippen LogP contribution is -2.37. The highest BCUT2D eigenvalue weighted by molar-refractivity contribution is 4.81. The first-order valence-corrected chi connectivity index (χ1v) is 4.83. The molecule has 12 heavy (non-hydrogen) atoms. The van der Waals surface area contributed by atoms with Crippen molar-refractivity contribution in [3.05, 3.63) is 0 Å². The van der Waals surface area contributed by atoms with Gasteiger partial charge in [0.15, 0.2) is 0 Å². The fourth-order valence-corrected chi connectivity index (χ4v) is 1.89. The Morgan fingerprint density at radius 2 is 2.08 bits per heavy atom. The van der Waals surface area contributed by atoms with Gasteiger partial charge in [0, 0.05) is 12.6 Å². The van der Waals surface area contributed by atoms with Gasteiger partial charge in [0.25, 0.3) is 0 Å². The second kappa shape index (κ2) is 3.73. The second-order valence-corrected chi connectivity index (χ2v) is 4.98. The molecule has 0 spiro atoms. The molecule has 0 unspecified atom stereocenters. The van der Waals surface area contributed by atoms with Crippen molar-refractivity contribution < 1.29 is 4.39 Å². The van der Waals surface area contributed by atoms with Crippen LogP contribution in [0.1, 0.15) is 33.6 Å². The Morgan fingerprint density at radius 1 is 1.42 bits per heavy atom. The molecule has 1 aliphatic rings. The molecule has 0 N–H and O–H groups in total. The minimum absolute atomic E-state index is 0.171. The Labute approximate surface area is 74.9 Å². The molecule has 0 aromatic rings. The summed E-state index contributed by atoms with van der Waals surface area (Å²) < 4.78 is 12.5. The second-order valence-electron chi connectivity index (χ2n) is 4.98. The van der Waals surface area contributed by atoms with Crippen molar-refractivity contribution in [2.24, 2.45) is 5.41 Å². The van der Waals surface area contributed by atoms with Crippen LogP contribution in [0.15, 0.2) is 0 Å². The maximum absolute atomic E-state index is 12.5. The largest absolute Gasteiger partial charge is 0.297 e. The van der Waals surface area contributed by atoms with Crippen LogP contribution in [-0.2, 0) is 0 Å². The van der Waals surface area contributed by atoms with E-state index >= 15 is 0 Å². The number of alkyl halides is 1. The lowest BCUT2D eigenvalue weighted by atomic mass is 9.96. The van der Waals surface area contributed by atoms with Crippen LogP contribution in [0.3, 0.4) is 0 Å². The van der Waals surface area contributed by atoms with Crippen LogP contribution in [0.25, 0.3) is 0 Å². The number of hydrogen-bond acceptors (Lipinski definition) is 1. The molecule has 0 amide bonds. The summed E-state index contributed by atoms with van der Waals surface area (Å²) in [4.78, 5) is 2.29. The molecule has 1 rings (SSSR count). The average molecular weight is 173 g/mol. The molecule has 0 aromatic heterocycles. The average Bonchev–Trinajstić information content (AvgIpc) is 2.31. The van der Waals surface area contributed by atoms with E-state index in [-0.39, 0.29) is 12.7 Å². The van der Waals surface area contributed by atoms with Crippen molar-refractivity contribution in [1.29, 1.82) is 0 Å². The molecule has 1 saturated heterocycles. The Morgan fingerprint density at radius 3 is 2.58 bits per heavy atom. The summed E-state index contributed by atoms with van der Waals surface area (Å²) in [5.41, 5.74) is 0.303. The first-order chi connectivity index (χ1) is 5.53. The number of likely N-dealkylation sites (tertiary alicyclic amines) is 1. The van der Waals surface area contributed by atoms with E-state index in [1.54, 1.807) is 0 Å². The van der Waals surface area contributed by atoms with E-state index in [9.17, 15) is 4.39 Å². The lowest BCUT2D eigenvalue weighted by molar-refractivity contribution is 0.157. The van der Waals surface area contributed by atoms with Gasteiger partial charge >= 0.3 is 0 Å². The summed E-state index contributed by atoms with van der Waals surface area (Å²) in [6.07, 6.45) is 2.22. The summed E-state index contributed by atoms with van der Waals surface area (Å²) in [6, 6.07) is 0.212. The minimum atomic E-state index is -0.171. The smallest absolute Gasteiger partial charge is 0.105 e. The molecular formula is C10H20FN. The van der Waals surface area contributed by atoms with E-state index in [0.29, 0.717) is 5.41 Å². The van der Waals surface area contributed by atoms with Crippen molar-refractivity contribution in [2.75, 3.05) is 19.8 Å². The van der Waals surface area contributed by atoms with Gasteiger partial charge in [-0.05, 0) is 24.8 Å². The molecule has 1 heterocycles. The van der Waals surface area contributed by atoms with Crippen LogP contribution in [-0.4, -0.2) is 30.7 Å². The highest BCUT2D eigenvalue weighted by Gasteiger charge is 2.27. The summed E-state index contributed by atoms with van der Waals surface area (Å²) in [6.45, 7) is 8.57. The third kappa shape index (κ3) is 2.74. The normalized spacial score (nSPS) is 26.5. The molecule has 0 radical (unpaired) electrons. The quantitative estimate of drug-likeness (QED) is 0.620. The van der Waals surface area contributed by atoms with Crippen molar-refractivity contribution >= 4 is 0 Å². The van der Waals surface area contributed by atoms with Crippen LogP contribution in [0.2, 0.25) is 0 Å². The minimum Gasteiger partial charge on any atom is -0.297 e. The highest BCUT2D eigenvalue weighted by atomic mass is 19.1. The van der Waals surface area contributed by atoms with Crippen LogP contribution >= 0.6 is 0 Å². The molecular weight excluding hydrogens is 153 g/mol. The highest BCUT2D eigenvalue weighted by Crippen LogP contribution is 2.23. The lowest BCUT2D eigenvalue weighted by Gasteiger charge is -2.29. The maximum atomic E-state index is 12.5. The molecule has 72 valence electrons. The van der Waals surface area contributed by atoms with Crippen molar-refractivity contribution in [3.8, 4) is 0 Å². The number of hydrogen-bond donors (Lipinski definition) is 0. The standard InChI is InChI=1S/C10H20FN/c1-10(2,3)8-12-6-4-5-9(12)7-11/h9H,4-8H2,1-3H3/t9-/m0/s1. The molecule has 1 fully saturated rings. The van der Waals surface area contributed by atoms with E-state index < -0.39 is 0 Å². The van der Waals surface area contributed by atoms with E-state index in [0.717, 1.165) is 19.5 Å². The first-order valence-electron chi connectivity index (χ1n) is 4.83. The Kier molecular flexibility index (Phi) is 3.10. The summed E-state index contributed by atoms with van der Waals surface area (Å²) in [5.74, 6) is 0. The van der Waals surface area contributed by atoms with E-state index in [4.69, 9.17) is 0 Å². The van der Waals surface area contributed by atoms with Gasteiger partial charge in [-0.2, -0.15) is 0 Å². The predicted molar refractivity (Wildman–Crippen MR) is 50.0 cm³/mol. The number of nitrogens with zero attached hydrogens (tertiary/aromatic N) is 1. The summed E-state index contributed by atoms with van der Waals surface area (Å²) >= 11 is 0. The zero-order valence-electron chi connectivity index (χ0n) is 8.44. The van der Waals surface area contributed by atoms with Gasteiger partial charge in [-0.15, -0.1) is 0 Å². The third-order valence-corrected chi connectivity index (χ3v) is 2.35. The van der Waals surface area contributed by atoms with Gasteiger partial charge in [0.1, 0.15) is 6.67 Å². The van der Waals surface area contributed by atoms with Gasteiger partial charge in [-0.1, -0.05) is 20.8 Å². The topological polar surface area (TPSA) is 3.24 Å². The van der Waals surface area contributed by atoms with Crippen molar-refractivity contribution in [2.45, 2.75) is 39.7 Å². The molecule has 1 aliphatic heterocycles. The molecule has 0 saturated carbocycles. The molecule has 1 nitrogen and oxygen atoms in total. The van der Waals surface area contributed by atoms with E-state index in [1.165, 1.54) is 6.42 Å². The Bertz CT molecular complexity index is 139. The zero-order valence-corrected chi connectivity index (χ0v) is 8.44. The first kappa shape index (κ1) is 9.97. The van der Waals surface area contributed by atoms with Gasteiger partial charge in [-0.3, -0.25) is 4.90 Å². The van der Waals surface area contributed by atoms with E-state index in [2.05, 4.69) is 25.7 Å². The molecule has 0 aromatic carbocycles. The van der Waals surface area contributed by atoms with Crippen LogP contribution in [0.4, 0.5) is 4.39 Å². The number of halogens is 1. The Balaban J connectivity index is 2.41. The van der Waals surface area contributed by atoms with Crippen LogP contribution < -0.4 is 0 Å². The van der Waals surface area contributed by atoms with E-state index in [1.807, 2.05) is 0 Å². The van der Waals surface area contributed by atoms with Gasteiger partial charge < -0.3 is 0 Å². The maximum Gasteiger partial charge on any atom is 0.105 e. The van der Waals surface area contributed by atoms with Crippen LogP contribution in [0.5, 0.6) is 0 Å². The summed E-state index contributed by atoms with van der Waals surface area (Å²) in [5, 5.41) is 0. The molecule has 0 aliphatic carbocycles. The fraction of sp³-hybridized carbons (Fsp3) is 1.00. The third-order valence-electron chi connectivity index (χ3n) is 2.35. The zero-order chi connectivity index (χ0) is 9.19. The predicted octanol–water partition coefficient (Wildman–Crippen LogP) is 2.47. The Hall–Kier alpha value is -0.110. The van der Waals surface area contributed by atoms with Gasteiger partial charge in [0.05, 0.1) is 0 Å².